The van der Waals surface area contributed by atoms with E-state index in [0.29, 0.717) is 0 Å². The molecule has 0 aliphatic carbocycles. The Kier molecular flexibility index (Phi) is 6.52. The lowest BCUT2D eigenvalue weighted by Crippen LogP contribution is -2.38. The molecule has 0 amide bonds. The van der Waals surface area contributed by atoms with Crippen molar-refractivity contribution in [1.82, 2.24) is 20.4 Å². The van der Waals surface area contributed by atoms with Gasteiger partial charge in [-0.1, -0.05) is 23.4 Å². The molecule has 2 heterocycles. The highest BCUT2D eigenvalue weighted by Crippen LogP contribution is 2.15. The molecular weight excluding hydrogens is 338 g/mol. The molecule has 3 rings (SSSR count). The molecule has 2 N–H and O–H groups in total. The van der Waals surface area contributed by atoms with Gasteiger partial charge in [-0.25, -0.2) is 0 Å². The molecule has 0 spiro atoms. The van der Waals surface area contributed by atoms with E-state index in [0.717, 1.165) is 56.4 Å². The monoisotopic (exact) mass is 367 g/mol. The quantitative estimate of drug-likeness (QED) is 0.364. The third-order valence-corrected chi connectivity index (χ3v) is 4.70. The normalized spacial score (nSPS) is 11.9. The predicted octanol–water partition coefficient (Wildman–Crippen LogP) is 3.43. The smallest absolute Gasteiger partial charge is 0.191 e. The fourth-order valence-corrected chi connectivity index (χ4v) is 3.27. The maximum Gasteiger partial charge on any atom is 0.191 e. The van der Waals surface area contributed by atoms with Crippen LogP contribution in [0.15, 0.2) is 46.0 Å². The first-order valence-electron chi connectivity index (χ1n) is 9.67. The molecule has 6 nitrogen and oxygen atoms in total. The lowest BCUT2D eigenvalue weighted by molar-refractivity contribution is 0.392. The highest BCUT2D eigenvalue weighted by molar-refractivity contribution is 5.80. The molecule has 0 aliphatic rings. The summed E-state index contributed by atoms with van der Waals surface area (Å²) < 4.78 is 7.51. The number of fused-ring (bicyclic) bond motifs is 1. The zero-order valence-electron chi connectivity index (χ0n) is 16.5. The van der Waals surface area contributed by atoms with Crippen molar-refractivity contribution in [2.45, 2.75) is 40.2 Å². The molecule has 6 heteroatoms. The van der Waals surface area contributed by atoms with Crippen molar-refractivity contribution in [2.24, 2.45) is 4.99 Å². The van der Waals surface area contributed by atoms with Gasteiger partial charge in [0.05, 0.1) is 5.69 Å². The van der Waals surface area contributed by atoms with Gasteiger partial charge in [-0.05, 0) is 51.1 Å². The zero-order chi connectivity index (χ0) is 19.1. The van der Waals surface area contributed by atoms with Crippen LogP contribution in [0.5, 0.6) is 0 Å². The number of aromatic nitrogens is 2. The van der Waals surface area contributed by atoms with Crippen LogP contribution in [0.25, 0.3) is 10.9 Å². The van der Waals surface area contributed by atoms with Gasteiger partial charge in [-0.15, -0.1) is 0 Å². The molecule has 0 saturated carbocycles. The first-order valence-corrected chi connectivity index (χ1v) is 9.67. The van der Waals surface area contributed by atoms with Crippen LogP contribution in [-0.2, 0) is 13.0 Å². The van der Waals surface area contributed by atoms with Crippen LogP contribution >= 0.6 is 0 Å². The van der Waals surface area contributed by atoms with E-state index in [9.17, 15) is 0 Å². The highest BCUT2D eigenvalue weighted by atomic mass is 16.5. The molecule has 0 saturated heterocycles. The molecule has 1 aromatic carbocycles. The van der Waals surface area contributed by atoms with E-state index in [-0.39, 0.29) is 0 Å². The largest absolute Gasteiger partial charge is 0.361 e. The van der Waals surface area contributed by atoms with E-state index in [1.165, 1.54) is 16.5 Å². The van der Waals surface area contributed by atoms with Crippen LogP contribution in [0.1, 0.15) is 30.4 Å². The molecule has 0 unspecified atom stereocenters. The Bertz CT molecular complexity index is 874. The predicted molar refractivity (Wildman–Crippen MR) is 110 cm³/mol. The number of para-hydroxylation sites is 1. The topological polar surface area (TPSA) is 67.4 Å². The molecule has 2 aromatic heterocycles. The second-order valence-corrected chi connectivity index (χ2v) is 6.66. The van der Waals surface area contributed by atoms with E-state index in [1.807, 2.05) is 13.8 Å². The van der Waals surface area contributed by atoms with Gasteiger partial charge in [-0.3, -0.25) is 4.99 Å². The Morgan fingerprint density at radius 3 is 2.81 bits per heavy atom. The Morgan fingerprint density at radius 1 is 1.19 bits per heavy atom. The average molecular weight is 367 g/mol. The Balaban J connectivity index is 1.48. The first-order chi connectivity index (χ1) is 13.2. The van der Waals surface area contributed by atoms with Crippen LogP contribution in [0.3, 0.4) is 0 Å². The molecule has 0 fully saturated rings. The summed E-state index contributed by atoms with van der Waals surface area (Å²) in [7, 11) is 0. The fourth-order valence-electron chi connectivity index (χ4n) is 3.27. The van der Waals surface area contributed by atoms with E-state index >= 15 is 0 Å². The van der Waals surface area contributed by atoms with Crippen molar-refractivity contribution >= 4 is 16.9 Å². The second kappa shape index (κ2) is 9.26. The minimum Gasteiger partial charge on any atom is -0.361 e. The van der Waals surface area contributed by atoms with Crippen molar-refractivity contribution in [3.8, 4) is 0 Å². The highest BCUT2D eigenvalue weighted by Gasteiger charge is 2.08. The van der Waals surface area contributed by atoms with Gasteiger partial charge in [0.25, 0.3) is 0 Å². The van der Waals surface area contributed by atoms with Gasteiger partial charge < -0.3 is 19.7 Å². The summed E-state index contributed by atoms with van der Waals surface area (Å²) in [6.45, 7) is 9.42. The van der Waals surface area contributed by atoms with Crippen molar-refractivity contribution in [3.05, 3.63) is 53.5 Å². The van der Waals surface area contributed by atoms with Crippen LogP contribution in [-0.4, -0.2) is 35.3 Å². The lowest BCUT2D eigenvalue weighted by atomic mass is 10.1. The first kappa shape index (κ1) is 19.0. The van der Waals surface area contributed by atoms with E-state index in [2.05, 4.69) is 63.8 Å². The average Bonchev–Trinajstić information content (AvgIpc) is 3.23. The Morgan fingerprint density at radius 2 is 2.04 bits per heavy atom. The Labute approximate surface area is 160 Å². The fraction of sp³-hybridized carbons (Fsp3) is 0.429. The minimum absolute atomic E-state index is 0.785. The lowest BCUT2D eigenvalue weighted by Gasteiger charge is -2.11. The number of guanidine groups is 1. The summed E-state index contributed by atoms with van der Waals surface area (Å²) in [5, 5.41) is 12.0. The van der Waals surface area contributed by atoms with Gasteiger partial charge in [0.15, 0.2) is 5.96 Å². The molecule has 0 bridgehead atoms. The van der Waals surface area contributed by atoms with Crippen molar-refractivity contribution in [1.29, 1.82) is 0 Å². The summed E-state index contributed by atoms with van der Waals surface area (Å²) >= 11 is 0. The standard InChI is InChI=1S/C21H29N5O/c1-4-22-21(24-13-10-19-16(2)25-27-17(19)3)23-12-7-14-26-15-11-18-8-5-6-9-20(18)26/h5-6,8-9,11,15H,4,7,10,12-14H2,1-3H3,(H2,22,23,24). The molecule has 144 valence electrons. The van der Waals surface area contributed by atoms with Gasteiger partial charge in [-0.2, -0.15) is 0 Å². The summed E-state index contributed by atoms with van der Waals surface area (Å²) in [5.41, 5.74) is 3.43. The number of aliphatic imine (C=N–C) groups is 1. The van der Waals surface area contributed by atoms with E-state index in [1.54, 1.807) is 0 Å². The second-order valence-electron chi connectivity index (χ2n) is 6.66. The number of benzene rings is 1. The summed E-state index contributed by atoms with van der Waals surface area (Å²) in [5.74, 6) is 1.76. The van der Waals surface area contributed by atoms with Gasteiger partial charge in [0.2, 0.25) is 0 Å². The number of aryl methyl sites for hydroxylation is 3. The number of rotatable bonds is 8. The third kappa shape index (κ3) is 4.90. The molecule has 27 heavy (non-hydrogen) atoms. The summed E-state index contributed by atoms with van der Waals surface area (Å²) in [6.07, 6.45) is 4.03. The van der Waals surface area contributed by atoms with Crippen LogP contribution in [0.4, 0.5) is 0 Å². The van der Waals surface area contributed by atoms with E-state index in [4.69, 9.17) is 9.52 Å². The molecule has 3 aromatic rings. The van der Waals surface area contributed by atoms with Crippen LogP contribution in [0.2, 0.25) is 0 Å². The van der Waals surface area contributed by atoms with Gasteiger partial charge >= 0.3 is 0 Å². The zero-order valence-corrected chi connectivity index (χ0v) is 16.5. The molecule has 0 radical (unpaired) electrons. The minimum atomic E-state index is 0.785. The SMILES string of the molecule is CCNC(=NCCCn1ccc2ccccc21)NCCc1c(C)noc1C. The number of nitrogens with one attached hydrogen (secondary N) is 2. The molecule has 0 atom stereocenters. The van der Waals surface area contributed by atoms with Crippen molar-refractivity contribution in [3.63, 3.8) is 0 Å². The van der Waals surface area contributed by atoms with E-state index < -0.39 is 0 Å². The van der Waals surface area contributed by atoms with Crippen LogP contribution in [0, 0.1) is 13.8 Å². The third-order valence-electron chi connectivity index (χ3n) is 4.70. The van der Waals surface area contributed by atoms with Gasteiger partial charge in [0, 0.05) is 43.5 Å². The molecule has 0 aliphatic heterocycles. The van der Waals surface area contributed by atoms with Crippen molar-refractivity contribution < 1.29 is 4.52 Å². The maximum absolute atomic E-state index is 5.22. The summed E-state index contributed by atoms with van der Waals surface area (Å²) in [4.78, 5) is 4.70. The van der Waals surface area contributed by atoms with Crippen molar-refractivity contribution in [2.75, 3.05) is 19.6 Å². The number of nitrogens with zero attached hydrogens (tertiary/aromatic N) is 3. The van der Waals surface area contributed by atoms with Gasteiger partial charge in [0.1, 0.15) is 5.76 Å². The maximum atomic E-state index is 5.22. The molecular formula is C21H29N5O. The Hall–Kier alpha value is -2.76. The summed E-state index contributed by atoms with van der Waals surface area (Å²) in [6, 6.07) is 10.6. The number of hydrogen-bond acceptors (Lipinski definition) is 3. The van der Waals surface area contributed by atoms with Crippen LogP contribution < -0.4 is 10.6 Å². The number of hydrogen-bond donors (Lipinski definition) is 2.